The molecule has 0 aliphatic heterocycles. The molecule has 0 aromatic carbocycles. The first-order valence-corrected chi connectivity index (χ1v) is 2.52. The zero-order chi connectivity index (χ0) is 7.28. The minimum absolute atomic E-state index is 0.155. The Hall–Kier alpha value is -1.26. The van der Waals surface area contributed by atoms with Gasteiger partial charge in [0, 0.05) is 0 Å². The molecule has 0 aromatic rings. The van der Waals surface area contributed by atoms with E-state index >= 15 is 0 Å². The van der Waals surface area contributed by atoms with E-state index in [1.54, 1.807) is 6.92 Å². The van der Waals surface area contributed by atoms with Crippen LogP contribution in [0.15, 0.2) is 12.0 Å². The van der Waals surface area contributed by atoms with Gasteiger partial charge >= 0.3 is 5.82 Å². The third-order valence-electron chi connectivity index (χ3n) is 0.712. The lowest BCUT2D eigenvalue weighted by Gasteiger charge is -1.97. The summed E-state index contributed by atoms with van der Waals surface area (Å²) in [6.45, 7) is 2.26. The van der Waals surface area contributed by atoms with Gasteiger partial charge < -0.3 is 15.8 Å². The molecule has 5 heteroatoms. The van der Waals surface area contributed by atoms with Crippen molar-refractivity contribution in [3.63, 3.8) is 0 Å². The van der Waals surface area contributed by atoms with E-state index in [9.17, 15) is 10.1 Å². The molecule has 0 fully saturated rings. The summed E-state index contributed by atoms with van der Waals surface area (Å²) in [5.41, 5.74) is 4.89. The van der Waals surface area contributed by atoms with Crippen molar-refractivity contribution in [2.24, 2.45) is 5.73 Å². The average Bonchev–Trinajstić information content (AvgIpc) is 1.82. The highest BCUT2D eigenvalue weighted by atomic mass is 16.6. The van der Waals surface area contributed by atoms with Crippen LogP contribution in [0.3, 0.4) is 0 Å². The molecule has 0 aromatic heterocycles. The van der Waals surface area contributed by atoms with Crippen LogP contribution in [0.2, 0.25) is 0 Å². The molecule has 3 N–H and O–H groups in total. The van der Waals surface area contributed by atoms with Crippen molar-refractivity contribution in [1.29, 1.82) is 0 Å². The van der Waals surface area contributed by atoms with Gasteiger partial charge in [0.25, 0.3) is 0 Å². The Bertz CT molecular complexity index is 132. The van der Waals surface area contributed by atoms with Gasteiger partial charge in [0.05, 0.1) is 12.7 Å². The summed E-state index contributed by atoms with van der Waals surface area (Å²) < 4.78 is 0. The number of nitro groups is 1. The van der Waals surface area contributed by atoms with E-state index in [1.807, 2.05) is 0 Å². The number of hydrogen-bond donors (Lipinski definition) is 2. The smallest absolute Gasteiger partial charge is 0.331 e. The molecule has 5 nitrogen and oxygen atoms in total. The topological polar surface area (TPSA) is 81.2 Å². The standard InChI is InChI=1S/C4H9N3O2/c1-2-6-4(3-5)7(8)9/h3,6H,2,5H2,1H3. The molecule has 0 aliphatic rings. The van der Waals surface area contributed by atoms with Crippen LogP contribution in [0.5, 0.6) is 0 Å². The lowest BCUT2D eigenvalue weighted by molar-refractivity contribution is -0.431. The van der Waals surface area contributed by atoms with Gasteiger partial charge in [-0.2, -0.15) is 0 Å². The van der Waals surface area contributed by atoms with Gasteiger partial charge in [-0.25, -0.2) is 0 Å². The van der Waals surface area contributed by atoms with E-state index in [2.05, 4.69) is 5.32 Å². The van der Waals surface area contributed by atoms with Crippen LogP contribution in [-0.4, -0.2) is 11.5 Å². The molecule has 0 aliphatic carbocycles. The maximum absolute atomic E-state index is 9.92. The van der Waals surface area contributed by atoms with Crippen LogP contribution >= 0.6 is 0 Å². The third kappa shape index (κ3) is 2.53. The fourth-order valence-electron chi connectivity index (χ4n) is 0.365. The van der Waals surface area contributed by atoms with E-state index in [0.717, 1.165) is 6.20 Å². The van der Waals surface area contributed by atoms with Crippen molar-refractivity contribution in [2.75, 3.05) is 6.54 Å². The predicted octanol–water partition coefficient (Wildman–Crippen LogP) is -0.370. The SMILES string of the molecule is CCNC(=CN)[N+](=O)[O-]. The molecule has 0 amide bonds. The van der Waals surface area contributed by atoms with Gasteiger partial charge in [-0.3, -0.25) is 5.32 Å². The van der Waals surface area contributed by atoms with E-state index in [4.69, 9.17) is 5.73 Å². The Morgan fingerprint density at radius 1 is 2.00 bits per heavy atom. The predicted molar refractivity (Wildman–Crippen MR) is 32.9 cm³/mol. The molecule has 0 unspecified atom stereocenters. The zero-order valence-corrected chi connectivity index (χ0v) is 5.13. The maximum atomic E-state index is 9.92. The zero-order valence-electron chi connectivity index (χ0n) is 5.13. The van der Waals surface area contributed by atoms with E-state index < -0.39 is 4.92 Å². The summed E-state index contributed by atoms with van der Waals surface area (Å²) >= 11 is 0. The Balaban J connectivity index is 3.85. The van der Waals surface area contributed by atoms with Crippen molar-refractivity contribution in [1.82, 2.24) is 5.32 Å². The number of hydrogen-bond acceptors (Lipinski definition) is 4. The molecule has 0 heterocycles. The van der Waals surface area contributed by atoms with Crippen molar-refractivity contribution < 1.29 is 4.92 Å². The lowest BCUT2D eigenvalue weighted by Crippen LogP contribution is -2.20. The Labute approximate surface area is 52.7 Å². The Kier molecular flexibility index (Phi) is 3.19. The molecule has 0 saturated heterocycles. The van der Waals surface area contributed by atoms with Crippen molar-refractivity contribution in [3.8, 4) is 0 Å². The number of nitrogens with zero attached hydrogens (tertiary/aromatic N) is 1. The fourth-order valence-corrected chi connectivity index (χ4v) is 0.365. The molecule has 0 atom stereocenters. The molecule has 0 bridgehead atoms. The summed E-state index contributed by atoms with van der Waals surface area (Å²) in [5, 5.41) is 12.4. The minimum atomic E-state index is -0.566. The molecule has 9 heavy (non-hydrogen) atoms. The highest BCUT2D eigenvalue weighted by Crippen LogP contribution is 1.83. The summed E-state index contributed by atoms with van der Waals surface area (Å²) in [6.07, 6.45) is 0.934. The van der Waals surface area contributed by atoms with Crippen LogP contribution in [0.25, 0.3) is 0 Å². The van der Waals surface area contributed by atoms with E-state index in [0.29, 0.717) is 6.54 Å². The molecule has 52 valence electrons. The Morgan fingerprint density at radius 2 is 2.56 bits per heavy atom. The maximum Gasteiger partial charge on any atom is 0.331 e. The van der Waals surface area contributed by atoms with Gasteiger partial charge in [0.15, 0.2) is 0 Å². The van der Waals surface area contributed by atoms with Crippen LogP contribution in [-0.2, 0) is 0 Å². The normalized spacial score (nSPS) is 11.0. The second-order valence-corrected chi connectivity index (χ2v) is 1.34. The summed E-state index contributed by atoms with van der Waals surface area (Å²) in [6, 6.07) is 0. The first-order valence-electron chi connectivity index (χ1n) is 2.52. The van der Waals surface area contributed by atoms with Gasteiger partial charge in [0.1, 0.15) is 0 Å². The molecule has 0 radical (unpaired) electrons. The van der Waals surface area contributed by atoms with Crippen molar-refractivity contribution in [3.05, 3.63) is 22.1 Å². The first kappa shape index (κ1) is 7.74. The molecular weight excluding hydrogens is 122 g/mol. The number of nitrogens with two attached hydrogens (primary N) is 1. The average molecular weight is 131 g/mol. The largest absolute Gasteiger partial charge is 0.398 e. The quantitative estimate of drug-likeness (QED) is 0.404. The van der Waals surface area contributed by atoms with Crippen LogP contribution in [0.4, 0.5) is 0 Å². The third-order valence-corrected chi connectivity index (χ3v) is 0.712. The second-order valence-electron chi connectivity index (χ2n) is 1.34. The molecule has 0 saturated carbocycles. The monoisotopic (exact) mass is 131 g/mol. The summed E-state index contributed by atoms with van der Waals surface area (Å²) in [5.74, 6) is -0.155. The van der Waals surface area contributed by atoms with Crippen molar-refractivity contribution in [2.45, 2.75) is 6.92 Å². The lowest BCUT2D eigenvalue weighted by atomic mass is 10.7. The van der Waals surface area contributed by atoms with Gasteiger partial charge in [-0.05, 0) is 11.8 Å². The van der Waals surface area contributed by atoms with Crippen molar-refractivity contribution >= 4 is 0 Å². The van der Waals surface area contributed by atoms with Gasteiger partial charge in [0.2, 0.25) is 0 Å². The second kappa shape index (κ2) is 3.71. The summed E-state index contributed by atoms with van der Waals surface area (Å²) in [4.78, 5) is 9.35. The van der Waals surface area contributed by atoms with Crippen LogP contribution in [0, 0.1) is 10.1 Å². The highest BCUT2D eigenvalue weighted by Gasteiger charge is 2.01. The van der Waals surface area contributed by atoms with Gasteiger partial charge in [-0.1, -0.05) is 0 Å². The molecular formula is C4H9N3O2. The fraction of sp³-hybridized carbons (Fsp3) is 0.500. The summed E-state index contributed by atoms with van der Waals surface area (Å²) in [7, 11) is 0. The number of rotatable bonds is 3. The first-order chi connectivity index (χ1) is 4.22. The van der Waals surface area contributed by atoms with Gasteiger partial charge in [-0.15, -0.1) is 0 Å². The molecule has 0 rings (SSSR count). The van der Waals surface area contributed by atoms with Crippen LogP contribution < -0.4 is 11.1 Å². The molecule has 0 spiro atoms. The van der Waals surface area contributed by atoms with E-state index in [-0.39, 0.29) is 5.82 Å². The van der Waals surface area contributed by atoms with Crippen LogP contribution in [0.1, 0.15) is 6.92 Å². The highest BCUT2D eigenvalue weighted by molar-refractivity contribution is 4.83. The Morgan fingerprint density at radius 3 is 2.67 bits per heavy atom. The number of nitrogens with one attached hydrogen (secondary N) is 1. The van der Waals surface area contributed by atoms with E-state index in [1.165, 1.54) is 0 Å². The minimum Gasteiger partial charge on any atom is -0.398 e.